The third-order valence-electron chi connectivity index (χ3n) is 1.76. The highest BCUT2D eigenvalue weighted by atomic mass is 79.9. The topological polar surface area (TPSA) is 35.2 Å². The molecule has 0 aliphatic rings. The lowest BCUT2D eigenvalue weighted by atomic mass is 10.2. The fourth-order valence-electron chi connectivity index (χ4n) is 1.16. The summed E-state index contributed by atoms with van der Waals surface area (Å²) in [6.07, 6.45) is 3.89. The van der Waals surface area contributed by atoms with Crippen LogP contribution in [0.25, 0.3) is 6.08 Å². The predicted octanol–water partition coefficient (Wildman–Crippen LogP) is 3.58. The smallest absolute Gasteiger partial charge is 0.147 e. The van der Waals surface area contributed by atoms with Crippen molar-refractivity contribution in [2.75, 3.05) is 13.2 Å². The van der Waals surface area contributed by atoms with Gasteiger partial charge in [0.2, 0.25) is 0 Å². The van der Waals surface area contributed by atoms with Gasteiger partial charge in [0.25, 0.3) is 0 Å². The highest BCUT2D eigenvalue weighted by molar-refractivity contribution is 9.11. The van der Waals surface area contributed by atoms with Crippen molar-refractivity contribution in [2.24, 2.45) is 5.73 Å². The predicted molar refractivity (Wildman–Crippen MR) is 71.1 cm³/mol. The summed E-state index contributed by atoms with van der Waals surface area (Å²) in [4.78, 5) is 0. The Morgan fingerprint density at radius 1 is 1.33 bits per heavy atom. The maximum absolute atomic E-state index is 5.48. The summed E-state index contributed by atoms with van der Waals surface area (Å²) in [5, 5.41) is 0. The average Bonchev–Trinajstić information content (AvgIpc) is 2.20. The van der Waals surface area contributed by atoms with Crippen LogP contribution in [0.3, 0.4) is 0 Å². The number of nitrogens with two attached hydrogens (primary N) is 1. The van der Waals surface area contributed by atoms with Gasteiger partial charge in [-0.2, -0.15) is 0 Å². The van der Waals surface area contributed by atoms with Crippen molar-refractivity contribution < 1.29 is 4.74 Å². The molecule has 0 fully saturated rings. The summed E-state index contributed by atoms with van der Waals surface area (Å²) in [5.74, 6) is 0.836. The van der Waals surface area contributed by atoms with E-state index in [1.54, 1.807) is 0 Å². The molecule has 0 saturated carbocycles. The minimum absolute atomic E-state index is 0.544. The van der Waals surface area contributed by atoms with E-state index in [4.69, 9.17) is 10.5 Å². The first-order valence-corrected chi connectivity index (χ1v) is 6.26. The molecule has 2 N–H and O–H groups in total. The maximum Gasteiger partial charge on any atom is 0.147 e. The Labute approximate surface area is 107 Å². The van der Waals surface area contributed by atoms with Gasteiger partial charge in [-0.25, -0.2) is 0 Å². The van der Waals surface area contributed by atoms with Gasteiger partial charge in [0, 0.05) is 6.54 Å². The molecule has 15 heavy (non-hydrogen) atoms. The van der Waals surface area contributed by atoms with Crippen LogP contribution in [0, 0.1) is 0 Å². The monoisotopic (exact) mass is 333 g/mol. The molecule has 0 aliphatic heterocycles. The first kappa shape index (κ1) is 12.7. The second kappa shape index (κ2) is 6.30. The van der Waals surface area contributed by atoms with Gasteiger partial charge in [-0.05, 0) is 56.5 Å². The van der Waals surface area contributed by atoms with E-state index < -0.39 is 0 Å². The number of rotatable bonds is 4. The number of hydrogen-bond donors (Lipinski definition) is 1. The van der Waals surface area contributed by atoms with E-state index in [9.17, 15) is 0 Å². The largest absolute Gasteiger partial charge is 0.492 e. The molecule has 0 bridgehead atoms. The molecule has 1 aromatic rings. The van der Waals surface area contributed by atoms with Gasteiger partial charge in [-0.15, -0.1) is 0 Å². The summed E-state index contributed by atoms with van der Waals surface area (Å²) in [6.45, 7) is 3.15. The summed E-state index contributed by atoms with van der Waals surface area (Å²) >= 11 is 6.94. The van der Waals surface area contributed by atoms with Crippen molar-refractivity contribution >= 4 is 37.9 Å². The molecule has 82 valence electrons. The van der Waals surface area contributed by atoms with Crippen LogP contribution in [0.5, 0.6) is 5.75 Å². The van der Waals surface area contributed by atoms with Crippen LogP contribution in [-0.2, 0) is 0 Å². The van der Waals surface area contributed by atoms with Crippen molar-refractivity contribution in [3.8, 4) is 5.75 Å². The fourth-order valence-corrected chi connectivity index (χ4v) is 2.61. The number of halogens is 2. The Morgan fingerprint density at radius 3 is 2.40 bits per heavy atom. The lowest BCUT2D eigenvalue weighted by molar-refractivity contribution is 0.336. The van der Waals surface area contributed by atoms with Gasteiger partial charge in [-0.1, -0.05) is 12.2 Å². The molecule has 2 nitrogen and oxygen atoms in total. The second-order valence-corrected chi connectivity index (χ2v) is 4.59. The van der Waals surface area contributed by atoms with Crippen molar-refractivity contribution in [3.63, 3.8) is 0 Å². The van der Waals surface area contributed by atoms with Crippen LogP contribution in [0.4, 0.5) is 0 Å². The molecule has 0 heterocycles. The first-order chi connectivity index (χ1) is 7.19. The molecule has 0 atom stereocenters. The van der Waals surface area contributed by atoms with Crippen LogP contribution in [0.2, 0.25) is 0 Å². The molecule has 1 aromatic carbocycles. The summed E-state index contributed by atoms with van der Waals surface area (Å²) in [7, 11) is 0. The Hall–Kier alpha value is -0.320. The second-order valence-electron chi connectivity index (χ2n) is 2.88. The Bertz CT molecular complexity index is 341. The highest BCUT2D eigenvalue weighted by Gasteiger charge is 2.06. The van der Waals surface area contributed by atoms with E-state index in [-0.39, 0.29) is 0 Å². The highest BCUT2D eigenvalue weighted by Crippen LogP contribution is 2.35. The molecule has 4 heteroatoms. The zero-order valence-electron chi connectivity index (χ0n) is 8.47. The molecule has 1 rings (SSSR count). The van der Waals surface area contributed by atoms with Crippen molar-refractivity contribution in [1.29, 1.82) is 0 Å². The Kier molecular flexibility index (Phi) is 5.36. The summed E-state index contributed by atoms with van der Waals surface area (Å²) in [6, 6.07) is 4.00. The van der Waals surface area contributed by atoms with E-state index in [1.807, 2.05) is 31.2 Å². The van der Waals surface area contributed by atoms with Gasteiger partial charge in [-0.3, -0.25) is 0 Å². The quantitative estimate of drug-likeness (QED) is 0.913. The average molecular weight is 335 g/mol. The molecule has 0 saturated heterocycles. The van der Waals surface area contributed by atoms with Crippen molar-refractivity contribution in [2.45, 2.75) is 6.92 Å². The SMILES string of the molecule is CCOc1c(Br)cc(C=CCN)cc1Br. The minimum atomic E-state index is 0.544. The minimum Gasteiger partial charge on any atom is -0.492 e. The molecule has 0 spiro atoms. The van der Waals surface area contributed by atoms with Gasteiger partial charge < -0.3 is 10.5 Å². The summed E-state index contributed by atoms with van der Waals surface area (Å²) < 4.78 is 7.36. The molecule has 0 radical (unpaired) electrons. The number of hydrogen-bond acceptors (Lipinski definition) is 2. The van der Waals surface area contributed by atoms with E-state index in [1.165, 1.54) is 0 Å². The summed E-state index contributed by atoms with van der Waals surface area (Å²) in [5.41, 5.74) is 6.48. The molecule has 0 unspecified atom stereocenters. The third kappa shape index (κ3) is 3.63. The van der Waals surface area contributed by atoms with Crippen LogP contribution >= 0.6 is 31.9 Å². The van der Waals surface area contributed by atoms with Crippen LogP contribution in [-0.4, -0.2) is 13.2 Å². The number of benzene rings is 1. The molecule has 0 aromatic heterocycles. The maximum atomic E-state index is 5.48. The molecular weight excluding hydrogens is 322 g/mol. The Morgan fingerprint density at radius 2 is 1.93 bits per heavy atom. The van der Waals surface area contributed by atoms with Crippen molar-refractivity contribution in [1.82, 2.24) is 0 Å². The van der Waals surface area contributed by atoms with Gasteiger partial charge >= 0.3 is 0 Å². The fraction of sp³-hybridized carbons (Fsp3) is 0.273. The van der Waals surface area contributed by atoms with E-state index in [0.717, 1.165) is 20.3 Å². The lowest BCUT2D eigenvalue weighted by Gasteiger charge is -2.09. The standard InChI is InChI=1S/C11H13Br2NO/c1-2-15-11-9(12)6-8(4-3-5-14)7-10(11)13/h3-4,6-7H,2,5,14H2,1H3. The van der Waals surface area contributed by atoms with Gasteiger partial charge in [0.05, 0.1) is 15.6 Å². The Balaban J connectivity index is 3.02. The van der Waals surface area contributed by atoms with Crippen LogP contribution in [0.15, 0.2) is 27.2 Å². The number of ether oxygens (including phenoxy) is 1. The van der Waals surface area contributed by atoms with Crippen LogP contribution in [0.1, 0.15) is 12.5 Å². The van der Waals surface area contributed by atoms with E-state index >= 15 is 0 Å². The van der Waals surface area contributed by atoms with Gasteiger partial charge in [0.15, 0.2) is 0 Å². The molecule has 0 amide bonds. The van der Waals surface area contributed by atoms with E-state index in [0.29, 0.717) is 13.2 Å². The van der Waals surface area contributed by atoms with Gasteiger partial charge in [0.1, 0.15) is 5.75 Å². The third-order valence-corrected chi connectivity index (χ3v) is 2.93. The zero-order chi connectivity index (χ0) is 11.3. The molecule has 0 aliphatic carbocycles. The first-order valence-electron chi connectivity index (χ1n) is 4.67. The lowest BCUT2D eigenvalue weighted by Crippen LogP contribution is -1.94. The van der Waals surface area contributed by atoms with E-state index in [2.05, 4.69) is 31.9 Å². The normalized spacial score (nSPS) is 10.9. The molecular formula is C11H13Br2NO. The van der Waals surface area contributed by atoms with Crippen molar-refractivity contribution in [3.05, 3.63) is 32.7 Å². The zero-order valence-corrected chi connectivity index (χ0v) is 11.6. The van der Waals surface area contributed by atoms with Crippen LogP contribution < -0.4 is 10.5 Å².